The molecule has 0 spiro atoms. The smallest absolute Gasteiger partial charge is 0.192 e. The molecule has 0 amide bonds. The van der Waals surface area contributed by atoms with Gasteiger partial charge in [-0.1, -0.05) is 11.3 Å². The van der Waals surface area contributed by atoms with Crippen molar-refractivity contribution in [3.63, 3.8) is 0 Å². The molecule has 1 aliphatic rings. The van der Waals surface area contributed by atoms with Crippen molar-refractivity contribution in [2.75, 3.05) is 13.1 Å². The van der Waals surface area contributed by atoms with Crippen molar-refractivity contribution in [3.8, 4) is 23.0 Å². The lowest BCUT2D eigenvalue weighted by atomic mass is 10.1. The van der Waals surface area contributed by atoms with E-state index in [1.807, 2.05) is 12.3 Å². The summed E-state index contributed by atoms with van der Waals surface area (Å²) in [6, 6.07) is 7.71. The number of nitrogens with zero attached hydrogens (tertiary/aromatic N) is 8. The lowest BCUT2D eigenvalue weighted by Gasteiger charge is -2.27. The van der Waals surface area contributed by atoms with Crippen LogP contribution in [0.2, 0.25) is 0 Å². The number of furan rings is 1. The summed E-state index contributed by atoms with van der Waals surface area (Å²) in [6.45, 7) is 3.28. The van der Waals surface area contributed by atoms with E-state index < -0.39 is 0 Å². The Morgan fingerprint density at radius 2 is 2.20 bits per heavy atom. The largest absolute Gasteiger partial charge is 0.461 e. The number of pyridine rings is 1. The number of aromatic nitrogens is 6. The van der Waals surface area contributed by atoms with E-state index in [0.29, 0.717) is 35.3 Å². The second kappa shape index (κ2) is 7.87. The fourth-order valence-electron chi connectivity index (χ4n) is 3.62. The maximum absolute atomic E-state index is 5.36. The molecular weight excluding hydrogens is 384 g/mol. The van der Waals surface area contributed by atoms with E-state index in [2.05, 4.69) is 46.6 Å². The zero-order valence-corrected chi connectivity index (χ0v) is 16.1. The molecule has 0 atom stereocenters. The lowest BCUT2D eigenvalue weighted by Crippen LogP contribution is -2.33. The van der Waals surface area contributed by atoms with Crippen LogP contribution in [0, 0.1) is 0 Å². The van der Waals surface area contributed by atoms with Gasteiger partial charge in [-0.05, 0) is 23.8 Å². The van der Waals surface area contributed by atoms with Crippen LogP contribution in [0.3, 0.4) is 0 Å². The summed E-state index contributed by atoms with van der Waals surface area (Å²) in [4.78, 5) is 11.3. The summed E-state index contributed by atoms with van der Waals surface area (Å²) in [5, 5.41) is 19.1. The molecule has 11 heteroatoms. The van der Waals surface area contributed by atoms with E-state index in [1.54, 1.807) is 29.3 Å². The Labute approximate surface area is 171 Å². The van der Waals surface area contributed by atoms with Crippen molar-refractivity contribution in [2.45, 2.75) is 19.5 Å². The second-order valence-corrected chi connectivity index (χ2v) is 6.94. The van der Waals surface area contributed by atoms with E-state index in [4.69, 9.17) is 10.3 Å². The molecule has 0 saturated carbocycles. The molecule has 5 heterocycles. The predicted octanol–water partition coefficient (Wildman–Crippen LogP) is 2.34. The zero-order chi connectivity index (χ0) is 20.3. The van der Waals surface area contributed by atoms with Gasteiger partial charge in [0, 0.05) is 37.9 Å². The molecule has 5 rings (SSSR count). The van der Waals surface area contributed by atoms with Gasteiger partial charge in [-0.2, -0.15) is 10.2 Å². The minimum absolute atomic E-state index is 0.452. The van der Waals surface area contributed by atoms with E-state index in [-0.39, 0.29) is 0 Å². The molecule has 0 fully saturated rings. The van der Waals surface area contributed by atoms with Gasteiger partial charge in [-0.15, -0.1) is 5.11 Å². The van der Waals surface area contributed by atoms with Crippen LogP contribution in [-0.2, 0) is 19.5 Å². The minimum atomic E-state index is 0.452. The third kappa shape index (κ3) is 3.46. The molecule has 0 radical (unpaired) electrons. The summed E-state index contributed by atoms with van der Waals surface area (Å²) in [6.07, 6.45) is 6.06. The van der Waals surface area contributed by atoms with Crippen LogP contribution in [0.15, 0.2) is 57.7 Å². The summed E-state index contributed by atoms with van der Waals surface area (Å²) in [5.74, 6) is 7.44. The number of hydrogen-bond donors (Lipinski definition) is 2. The quantitative estimate of drug-likeness (QED) is 0.285. The molecule has 4 aromatic heterocycles. The Balaban J connectivity index is 1.34. The minimum Gasteiger partial charge on any atom is -0.461 e. The van der Waals surface area contributed by atoms with Crippen LogP contribution < -0.4 is 5.84 Å². The molecule has 1 aliphatic heterocycles. The van der Waals surface area contributed by atoms with Crippen LogP contribution in [-0.4, -0.2) is 47.9 Å². The Bertz CT molecular complexity index is 1160. The van der Waals surface area contributed by atoms with Crippen LogP contribution >= 0.6 is 0 Å². The zero-order valence-electron chi connectivity index (χ0n) is 16.1. The SMILES string of the molecule is NN=Nc1c(-c2n[nH]c(-c3ccco3)n2)cnn1CCN1CCc2ncccc2C1. The van der Waals surface area contributed by atoms with Crippen molar-refractivity contribution >= 4 is 5.82 Å². The molecule has 152 valence electrons. The monoisotopic (exact) mass is 404 g/mol. The fraction of sp³-hybridized carbons (Fsp3) is 0.263. The first-order chi connectivity index (χ1) is 14.8. The Morgan fingerprint density at radius 1 is 1.23 bits per heavy atom. The van der Waals surface area contributed by atoms with Gasteiger partial charge in [0.15, 0.2) is 23.2 Å². The number of H-pyrrole nitrogens is 1. The van der Waals surface area contributed by atoms with E-state index in [0.717, 1.165) is 26.1 Å². The van der Waals surface area contributed by atoms with Crippen molar-refractivity contribution in [3.05, 3.63) is 54.2 Å². The predicted molar refractivity (Wildman–Crippen MR) is 107 cm³/mol. The number of nitrogens with one attached hydrogen (secondary N) is 1. The summed E-state index contributed by atoms with van der Waals surface area (Å²) >= 11 is 0. The third-order valence-corrected chi connectivity index (χ3v) is 5.12. The van der Waals surface area contributed by atoms with Gasteiger partial charge in [-0.3, -0.25) is 15.0 Å². The molecule has 0 aliphatic carbocycles. The highest BCUT2D eigenvalue weighted by Crippen LogP contribution is 2.29. The average molecular weight is 404 g/mol. The van der Waals surface area contributed by atoms with Crippen LogP contribution in [0.5, 0.6) is 0 Å². The van der Waals surface area contributed by atoms with E-state index in [1.165, 1.54) is 11.3 Å². The summed E-state index contributed by atoms with van der Waals surface area (Å²) in [7, 11) is 0. The van der Waals surface area contributed by atoms with Crippen molar-refractivity contribution < 1.29 is 4.42 Å². The van der Waals surface area contributed by atoms with Gasteiger partial charge >= 0.3 is 0 Å². The highest BCUT2D eigenvalue weighted by atomic mass is 16.3. The van der Waals surface area contributed by atoms with Crippen molar-refractivity contribution in [1.82, 2.24) is 34.8 Å². The number of fused-ring (bicyclic) bond motifs is 1. The highest BCUT2D eigenvalue weighted by Gasteiger charge is 2.20. The number of rotatable bonds is 6. The molecule has 30 heavy (non-hydrogen) atoms. The normalized spacial score (nSPS) is 14.4. The molecule has 0 unspecified atom stereocenters. The van der Waals surface area contributed by atoms with Crippen molar-refractivity contribution in [1.29, 1.82) is 0 Å². The second-order valence-electron chi connectivity index (χ2n) is 6.94. The number of hydrogen-bond acceptors (Lipinski definition) is 8. The van der Waals surface area contributed by atoms with Crippen LogP contribution in [0.25, 0.3) is 23.0 Å². The third-order valence-electron chi connectivity index (χ3n) is 5.12. The van der Waals surface area contributed by atoms with Gasteiger partial charge in [0.2, 0.25) is 0 Å². The van der Waals surface area contributed by atoms with E-state index >= 15 is 0 Å². The van der Waals surface area contributed by atoms with Crippen molar-refractivity contribution in [2.24, 2.45) is 16.2 Å². The first kappa shape index (κ1) is 18.2. The van der Waals surface area contributed by atoms with Gasteiger partial charge in [0.25, 0.3) is 0 Å². The highest BCUT2D eigenvalue weighted by molar-refractivity contribution is 5.68. The Hall–Kier alpha value is -3.86. The van der Waals surface area contributed by atoms with Gasteiger partial charge in [0.1, 0.15) is 0 Å². The first-order valence-corrected chi connectivity index (χ1v) is 9.60. The Morgan fingerprint density at radius 3 is 3.07 bits per heavy atom. The molecule has 0 saturated heterocycles. The molecule has 0 bridgehead atoms. The first-order valence-electron chi connectivity index (χ1n) is 9.60. The molecule has 4 aromatic rings. The average Bonchev–Trinajstić information content (AvgIpc) is 3.53. The Kier molecular flexibility index (Phi) is 4.77. The van der Waals surface area contributed by atoms with Gasteiger partial charge in [-0.25, -0.2) is 9.67 Å². The maximum Gasteiger partial charge on any atom is 0.192 e. The lowest BCUT2D eigenvalue weighted by molar-refractivity contribution is 0.239. The van der Waals surface area contributed by atoms with Crippen LogP contribution in [0.4, 0.5) is 5.82 Å². The topological polar surface area (TPSA) is 139 Å². The van der Waals surface area contributed by atoms with Gasteiger partial charge in [0.05, 0.1) is 24.6 Å². The summed E-state index contributed by atoms with van der Waals surface area (Å²) < 4.78 is 7.13. The standard InChI is InChI=1S/C19H20N10O/c20-27-26-19-14(17-23-18(25-24-17)16-4-2-10-30-16)11-22-29(19)9-8-28-7-5-15-13(12-28)3-1-6-21-15/h1-4,6,10-11H,5,7-9,12H2,(H2,20,26)(H,23,24,25). The van der Waals surface area contributed by atoms with E-state index in [9.17, 15) is 0 Å². The van der Waals surface area contributed by atoms with Gasteiger partial charge < -0.3 is 10.3 Å². The summed E-state index contributed by atoms with van der Waals surface area (Å²) in [5.41, 5.74) is 3.11. The maximum atomic E-state index is 5.36. The molecule has 0 aromatic carbocycles. The fourth-order valence-corrected chi connectivity index (χ4v) is 3.62. The molecule has 3 N–H and O–H groups in total. The molecule has 11 nitrogen and oxygen atoms in total. The van der Waals surface area contributed by atoms with Crippen LogP contribution in [0.1, 0.15) is 11.3 Å². The number of nitrogens with two attached hydrogens (primary N) is 1. The molecular formula is C19H20N10O. The number of aromatic amines is 1.